The average Bonchev–Trinajstić information content (AvgIpc) is 2.91. The Bertz CT molecular complexity index is 937. The molecule has 2 aromatic heterocycles. The van der Waals surface area contributed by atoms with Crippen LogP contribution in [0.2, 0.25) is 5.02 Å². The van der Waals surface area contributed by atoms with E-state index >= 15 is 0 Å². The molecule has 23 heavy (non-hydrogen) atoms. The molecule has 0 amide bonds. The topological polar surface area (TPSA) is 67.5 Å². The highest BCUT2D eigenvalue weighted by atomic mass is 35.5. The fourth-order valence-electron chi connectivity index (χ4n) is 2.57. The van der Waals surface area contributed by atoms with Gasteiger partial charge in [0.05, 0.1) is 11.2 Å². The van der Waals surface area contributed by atoms with E-state index in [4.69, 9.17) is 11.6 Å². The number of rotatable bonds is 3. The van der Waals surface area contributed by atoms with Gasteiger partial charge in [-0.1, -0.05) is 17.7 Å². The van der Waals surface area contributed by atoms with Crippen molar-refractivity contribution in [3.63, 3.8) is 0 Å². The minimum atomic E-state index is -1.07. The summed E-state index contributed by atoms with van der Waals surface area (Å²) in [4.78, 5) is 15.6. The van der Waals surface area contributed by atoms with Crippen molar-refractivity contribution < 1.29 is 14.3 Å². The van der Waals surface area contributed by atoms with Crippen LogP contribution in [0.3, 0.4) is 0 Å². The summed E-state index contributed by atoms with van der Waals surface area (Å²) in [7, 11) is 0. The number of carboxylic acids is 1. The average molecular weight is 334 g/mol. The third-order valence-corrected chi connectivity index (χ3v) is 4.09. The van der Waals surface area contributed by atoms with Crippen LogP contribution >= 0.6 is 11.6 Å². The van der Waals surface area contributed by atoms with E-state index < -0.39 is 11.8 Å². The summed E-state index contributed by atoms with van der Waals surface area (Å²) in [5, 5.41) is 13.3. The van der Waals surface area contributed by atoms with Crippen LogP contribution in [-0.4, -0.2) is 25.7 Å². The van der Waals surface area contributed by atoms with Crippen LogP contribution < -0.4 is 0 Å². The number of aromatic carboxylic acids is 1. The molecule has 3 rings (SSSR count). The van der Waals surface area contributed by atoms with Gasteiger partial charge in [0, 0.05) is 17.8 Å². The summed E-state index contributed by atoms with van der Waals surface area (Å²) in [6.45, 7) is 3.66. The van der Waals surface area contributed by atoms with E-state index in [0.717, 1.165) is 16.8 Å². The molecule has 118 valence electrons. The van der Waals surface area contributed by atoms with E-state index in [2.05, 4.69) is 10.1 Å². The molecule has 0 aliphatic carbocycles. The molecule has 0 atom stereocenters. The van der Waals surface area contributed by atoms with Gasteiger partial charge in [-0.05, 0) is 37.1 Å². The van der Waals surface area contributed by atoms with Gasteiger partial charge in [-0.15, -0.1) is 0 Å². The maximum absolute atomic E-state index is 13.3. The quantitative estimate of drug-likeness (QED) is 0.797. The number of benzene rings is 1. The van der Waals surface area contributed by atoms with E-state index in [1.807, 2.05) is 13.8 Å². The highest BCUT2D eigenvalue weighted by molar-refractivity contribution is 6.30. The molecule has 0 unspecified atom stereocenters. The largest absolute Gasteiger partial charge is 0.477 e. The van der Waals surface area contributed by atoms with Gasteiger partial charge in [-0.2, -0.15) is 5.10 Å². The summed E-state index contributed by atoms with van der Waals surface area (Å²) >= 11 is 5.82. The first-order chi connectivity index (χ1) is 10.9. The lowest BCUT2D eigenvalue weighted by Crippen LogP contribution is -2.07. The molecule has 0 aliphatic heterocycles. The van der Waals surface area contributed by atoms with E-state index in [1.54, 1.807) is 12.1 Å². The Hall–Kier alpha value is -2.47. The maximum atomic E-state index is 13.3. The summed E-state index contributed by atoms with van der Waals surface area (Å²) < 4.78 is 14.8. The SMILES string of the molecule is Cc1nc2c(C(=O)O)cnn2c(C)c1Cc1ccc(F)c(Cl)c1. The molecule has 0 bridgehead atoms. The lowest BCUT2D eigenvalue weighted by atomic mass is 10.0. The third kappa shape index (κ3) is 2.66. The van der Waals surface area contributed by atoms with Crippen molar-refractivity contribution in [1.82, 2.24) is 14.6 Å². The molecular formula is C16H13ClFN3O2. The Balaban J connectivity index is 2.11. The van der Waals surface area contributed by atoms with Gasteiger partial charge in [0.2, 0.25) is 0 Å². The van der Waals surface area contributed by atoms with Crippen molar-refractivity contribution in [2.45, 2.75) is 20.3 Å². The summed E-state index contributed by atoms with van der Waals surface area (Å²) in [5.41, 5.74) is 3.62. The molecule has 2 heterocycles. The normalized spacial score (nSPS) is 11.1. The predicted molar refractivity (Wildman–Crippen MR) is 83.6 cm³/mol. The van der Waals surface area contributed by atoms with E-state index in [-0.39, 0.29) is 10.6 Å². The van der Waals surface area contributed by atoms with Gasteiger partial charge in [0.25, 0.3) is 0 Å². The number of halogens is 2. The second-order valence-corrected chi connectivity index (χ2v) is 5.69. The van der Waals surface area contributed by atoms with Gasteiger partial charge in [0.1, 0.15) is 11.4 Å². The zero-order chi connectivity index (χ0) is 16.7. The molecule has 0 spiro atoms. The Labute approximate surface area is 136 Å². The van der Waals surface area contributed by atoms with Gasteiger partial charge < -0.3 is 5.11 Å². The van der Waals surface area contributed by atoms with Gasteiger partial charge in [0.15, 0.2) is 5.65 Å². The minimum absolute atomic E-state index is 0.0626. The second kappa shape index (κ2) is 5.62. The van der Waals surface area contributed by atoms with Gasteiger partial charge in [-0.25, -0.2) is 18.7 Å². The molecule has 7 heteroatoms. The van der Waals surface area contributed by atoms with Gasteiger partial charge >= 0.3 is 5.97 Å². The molecule has 1 aromatic carbocycles. The highest BCUT2D eigenvalue weighted by Crippen LogP contribution is 2.23. The number of carboxylic acid groups (broad SMARTS) is 1. The zero-order valence-corrected chi connectivity index (χ0v) is 13.2. The van der Waals surface area contributed by atoms with Gasteiger partial charge in [-0.3, -0.25) is 0 Å². The summed E-state index contributed by atoms with van der Waals surface area (Å²) in [6.07, 6.45) is 1.79. The Morgan fingerprint density at radius 1 is 1.39 bits per heavy atom. The molecule has 0 fully saturated rings. The second-order valence-electron chi connectivity index (χ2n) is 5.29. The lowest BCUT2D eigenvalue weighted by molar-refractivity contribution is 0.0698. The van der Waals surface area contributed by atoms with Crippen LogP contribution in [0.4, 0.5) is 4.39 Å². The van der Waals surface area contributed by atoms with E-state index in [1.165, 1.54) is 16.8 Å². The molecule has 0 saturated carbocycles. The molecular weight excluding hydrogens is 321 g/mol. The van der Waals surface area contributed by atoms with Crippen molar-refractivity contribution >= 4 is 23.2 Å². The van der Waals surface area contributed by atoms with Crippen molar-refractivity contribution in [3.05, 3.63) is 63.3 Å². The molecule has 5 nitrogen and oxygen atoms in total. The van der Waals surface area contributed by atoms with Crippen molar-refractivity contribution in [2.24, 2.45) is 0 Å². The predicted octanol–water partition coefficient (Wildman–Crippen LogP) is 3.43. The molecule has 1 N–H and O–H groups in total. The van der Waals surface area contributed by atoms with Crippen LogP contribution in [0.15, 0.2) is 24.4 Å². The summed E-state index contributed by atoms with van der Waals surface area (Å²) in [5.74, 6) is -1.53. The molecule has 0 aliphatic rings. The summed E-state index contributed by atoms with van der Waals surface area (Å²) in [6, 6.07) is 4.56. The number of aryl methyl sites for hydroxylation is 2. The van der Waals surface area contributed by atoms with Crippen molar-refractivity contribution in [3.8, 4) is 0 Å². The first-order valence-electron chi connectivity index (χ1n) is 6.89. The number of hydrogen-bond donors (Lipinski definition) is 1. The number of hydrogen-bond acceptors (Lipinski definition) is 3. The number of nitrogens with zero attached hydrogens (tertiary/aromatic N) is 3. The number of aromatic nitrogens is 3. The van der Waals surface area contributed by atoms with Crippen LogP contribution in [0.5, 0.6) is 0 Å². The molecule has 0 radical (unpaired) electrons. The van der Waals surface area contributed by atoms with Crippen LogP contribution in [0.1, 0.15) is 32.9 Å². The zero-order valence-electron chi connectivity index (χ0n) is 12.5. The van der Waals surface area contributed by atoms with Crippen LogP contribution in [0, 0.1) is 19.7 Å². The lowest BCUT2D eigenvalue weighted by Gasteiger charge is -2.11. The van der Waals surface area contributed by atoms with Crippen LogP contribution in [-0.2, 0) is 6.42 Å². The molecule has 3 aromatic rings. The monoisotopic (exact) mass is 333 g/mol. The van der Waals surface area contributed by atoms with E-state index in [9.17, 15) is 14.3 Å². The minimum Gasteiger partial charge on any atom is -0.477 e. The standard InChI is InChI=1S/C16H13ClFN3O2/c1-8-11(5-10-3-4-14(18)13(17)6-10)9(2)21-15(20-8)12(7-19-21)16(22)23/h3-4,6-7H,5H2,1-2H3,(H,22,23). The third-order valence-electron chi connectivity index (χ3n) is 3.80. The van der Waals surface area contributed by atoms with Crippen molar-refractivity contribution in [2.75, 3.05) is 0 Å². The molecule has 0 saturated heterocycles. The van der Waals surface area contributed by atoms with E-state index in [0.29, 0.717) is 17.8 Å². The van der Waals surface area contributed by atoms with Crippen LogP contribution in [0.25, 0.3) is 5.65 Å². The van der Waals surface area contributed by atoms with Crippen molar-refractivity contribution in [1.29, 1.82) is 0 Å². The highest BCUT2D eigenvalue weighted by Gasteiger charge is 2.17. The maximum Gasteiger partial charge on any atom is 0.341 e. The fourth-order valence-corrected chi connectivity index (χ4v) is 2.77. The number of carbonyl (C=O) groups is 1. The number of fused-ring (bicyclic) bond motifs is 1. The Kier molecular flexibility index (Phi) is 3.77. The first kappa shape index (κ1) is 15.4. The smallest absolute Gasteiger partial charge is 0.341 e. The Morgan fingerprint density at radius 2 is 2.13 bits per heavy atom. The fraction of sp³-hybridized carbons (Fsp3) is 0.188. The first-order valence-corrected chi connectivity index (χ1v) is 7.27. The Morgan fingerprint density at radius 3 is 2.78 bits per heavy atom.